The Kier molecular flexibility index (Phi) is 4.61. The van der Waals surface area contributed by atoms with E-state index in [9.17, 15) is 0 Å². The van der Waals surface area contributed by atoms with Crippen LogP contribution >= 0.6 is 31.9 Å². The second-order valence-electron chi connectivity index (χ2n) is 5.06. The van der Waals surface area contributed by atoms with Crippen molar-refractivity contribution in [3.05, 3.63) is 34.3 Å². The molecule has 1 nitrogen and oxygen atoms in total. The third-order valence-corrected chi connectivity index (χ3v) is 3.99. The number of hydrogen-bond donors (Lipinski definition) is 0. The van der Waals surface area contributed by atoms with E-state index < -0.39 is 0 Å². The van der Waals surface area contributed by atoms with Crippen LogP contribution in [0.3, 0.4) is 0 Å². The second kappa shape index (κ2) is 5.19. The van der Waals surface area contributed by atoms with Crippen LogP contribution in [-0.2, 0) is 10.3 Å². The molecule has 0 aliphatic heterocycles. The molecule has 0 N–H and O–H groups in total. The van der Waals surface area contributed by atoms with Crippen LogP contribution in [0.25, 0.3) is 0 Å². The molecule has 90 valence electrons. The summed E-state index contributed by atoms with van der Waals surface area (Å²) in [6.07, 6.45) is 0. The third kappa shape index (κ3) is 3.57. The molecule has 0 aromatic heterocycles. The topological polar surface area (TPSA) is 9.23 Å². The van der Waals surface area contributed by atoms with Gasteiger partial charge in [-0.05, 0) is 39.3 Å². The fourth-order valence-electron chi connectivity index (χ4n) is 1.72. The maximum absolute atomic E-state index is 6.16. The van der Waals surface area contributed by atoms with Crippen molar-refractivity contribution in [2.24, 2.45) is 0 Å². The molecule has 1 rings (SSSR count). The van der Waals surface area contributed by atoms with Gasteiger partial charge >= 0.3 is 0 Å². The van der Waals surface area contributed by atoms with Gasteiger partial charge in [-0.3, -0.25) is 0 Å². The molecule has 0 saturated carbocycles. The van der Waals surface area contributed by atoms with Crippen molar-refractivity contribution in [2.75, 3.05) is 5.33 Å². The molecule has 16 heavy (non-hydrogen) atoms. The first-order valence-corrected chi connectivity index (χ1v) is 7.21. The predicted molar refractivity (Wildman–Crippen MR) is 76.1 cm³/mol. The van der Waals surface area contributed by atoms with Crippen LogP contribution in [0.5, 0.6) is 0 Å². The maximum atomic E-state index is 6.16. The quantitative estimate of drug-likeness (QED) is 0.707. The predicted octanol–water partition coefficient (Wildman–Crippen LogP) is 4.87. The van der Waals surface area contributed by atoms with Gasteiger partial charge in [0.05, 0.1) is 5.60 Å². The molecule has 0 amide bonds. The summed E-state index contributed by atoms with van der Waals surface area (Å²) >= 11 is 7.13. The minimum atomic E-state index is -0.321. The molecule has 3 heteroatoms. The smallest absolute Gasteiger partial charge is 0.102 e. The first kappa shape index (κ1) is 14.2. The van der Waals surface area contributed by atoms with Crippen molar-refractivity contribution in [2.45, 2.75) is 38.9 Å². The molecule has 0 aliphatic carbocycles. The number of rotatable bonds is 3. The molecule has 0 fully saturated rings. The van der Waals surface area contributed by atoms with E-state index in [1.807, 2.05) is 18.2 Å². The van der Waals surface area contributed by atoms with Gasteiger partial charge in [-0.15, -0.1) is 0 Å². The third-order valence-electron chi connectivity index (χ3n) is 2.23. The van der Waals surface area contributed by atoms with Crippen LogP contribution in [0, 0.1) is 0 Å². The fraction of sp³-hybridized carbons (Fsp3) is 0.538. The first-order chi connectivity index (χ1) is 7.28. The molecular formula is C13H18Br2O. The minimum Gasteiger partial charge on any atom is -0.364 e. The standard InChI is InChI=1S/C13H18Br2O/c1-12(2,3)16-13(4,9-14)10-7-5-6-8-11(10)15/h5-8H,9H2,1-4H3. The zero-order valence-corrected chi connectivity index (χ0v) is 13.4. The Morgan fingerprint density at radius 3 is 2.12 bits per heavy atom. The summed E-state index contributed by atoms with van der Waals surface area (Å²) in [5, 5.41) is 0.764. The van der Waals surface area contributed by atoms with E-state index in [0.29, 0.717) is 0 Å². The summed E-state index contributed by atoms with van der Waals surface area (Å²) in [5.41, 5.74) is 0.678. The van der Waals surface area contributed by atoms with Crippen LogP contribution in [-0.4, -0.2) is 10.9 Å². The highest BCUT2D eigenvalue weighted by Gasteiger charge is 2.32. The average Bonchev–Trinajstić information content (AvgIpc) is 2.15. The van der Waals surface area contributed by atoms with E-state index in [1.54, 1.807) is 0 Å². The van der Waals surface area contributed by atoms with E-state index >= 15 is 0 Å². The minimum absolute atomic E-state index is 0.169. The van der Waals surface area contributed by atoms with Crippen molar-refractivity contribution >= 4 is 31.9 Å². The maximum Gasteiger partial charge on any atom is 0.102 e. The second-order valence-corrected chi connectivity index (χ2v) is 6.47. The van der Waals surface area contributed by atoms with Gasteiger partial charge in [0.15, 0.2) is 0 Å². The summed E-state index contributed by atoms with van der Waals surface area (Å²) in [4.78, 5) is 0. The van der Waals surface area contributed by atoms with E-state index in [-0.39, 0.29) is 11.2 Å². The molecule has 1 aromatic rings. The van der Waals surface area contributed by atoms with Gasteiger partial charge in [0, 0.05) is 9.80 Å². The Morgan fingerprint density at radius 2 is 1.69 bits per heavy atom. The summed E-state index contributed by atoms with van der Waals surface area (Å²) in [6, 6.07) is 8.19. The van der Waals surface area contributed by atoms with Crippen molar-refractivity contribution in [3.63, 3.8) is 0 Å². The molecule has 0 saturated heterocycles. The molecule has 0 aliphatic rings. The van der Waals surface area contributed by atoms with E-state index in [4.69, 9.17) is 4.74 Å². The lowest BCUT2D eigenvalue weighted by Crippen LogP contribution is -2.36. The average molecular weight is 350 g/mol. The van der Waals surface area contributed by atoms with Gasteiger partial charge in [-0.2, -0.15) is 0 Å². The first-order valence-electron chi connectivity index (χ1n) is 5.30. The molecule has 1 aromatic carbocycles. The Bertz CT molecular complexity index is 357. The summed E-state index contributed by atoms with van der Waals surface area (Å²) in [6.45, 7) is 8.33. The van der Waals surface area contributed by atoms with Gasteiger partial charge in [-0.1, -0.05) is 50.1 Å². The van der Waals surface area contributed by atoms with Gasteiger partial charge in [0.25, 0.3) is 0 Å². The Morgan fingerprint density at radius 1 is 1.12 bits per heavy atom. The monoisotopic (exact) mass is 348 g/mol. The normalized spacial score (nSPS) is 15.9. The highest BCUT2D eigenvalue weighted by molar-refractivity contribution is 9.10. The number of hydrogen-bond acceptors (Lipinski definition) is 1. The van der Waals surface area contributed by atoms with Crippen LogP contribution in [0.2, 0.25) is 0 Å². The fourth-order valence-corrected chi connectivity index (χ4v) is 2.84. The van der Waals surface area contributed by atoms with E-state index in [2.05, 4.69) is 65.6 Å². The molecular weight excluding hydrogens is 332 g/mol. The summed E-state index contributed by atoms with van der Waals surface area (Å²) in [5.74, 6) is 0. The SMILES string of the molecule is CC(C)(C)OC(C)(CBr)c1ccccc1Br. The van der Waals surface area contributed by atoms with E-state index in [0.717, 1.165) is 9.80 Å². The van der Waals surface area contributed by atoms with E-state index in [1.165, 1.54) is 5.56 Å². The van der Waals surface area contributed by atoms with Crippen LogP contribution in [0.15, 0.2) is 28.7 Å². The van der Waals surface area contributed by atoms with Crippen LogP contribution < -0.4 is 0 Å². The largest absolute Gasteiger partial charge is 0.364 e. The highest BCUT2D eigenvalue weighted by atomic mass is 79.9. The summed E-state index contributed by atoms with van der Waals surface area (Å²) in [7, 11) is 0. The van der Waals surface area contributed by atoms with Gasteiger partial charge in [0.1, 0.15) is 5.60 Å². The van der Waals surface area contributed by atoms with Crippen LogP contribution in [0.1, 0.15) is 33.3 Å². The lowest BCUT2D eigenvalue weighted by atomic mass is 9.96. The molecule has 1 atom stereocenters. The Labute approximate surface area is 115 Å². The molecule has 0 heterocycles. The number of benzene rings is 1. The van der Waals surface area contributed by atoms with Crippen molar-refractivity contribution in [1.82, 2.24) is 0 Å². The number of ether oxygens (including phenoxy) is 1. The number of halogens is 2. The molecule has 1 unspecified atom stereocenters. The lowest BCUT2D eigenvalue weighted by molar-refractivity contribution is -0.114. The Hall–Kier alpha value is 0.140. The van der Waals surface area contributed by atoms with Crippen molar-refractivity contribution in [1.29, 1.82) is 0 Å². The number of alkyl halides is 1. The lowest BCUT2D eigenvalue weighted by Gasteiger charge is -2.36. The molecule has 0 bridgehead atoms. The van der Waals surface area contributed by atoms with Crippen LogP contribution in [0.4, 0.5) is 0 Å². The highest BCUT2D eigenvalue weighted by Crippen LogP contribution is 2.36. The zero-order valence-electron chi connectivity index (χ0n) is 10.2. The van der Waals surface area contributed by atoms with Gasteiger partial charge < -0.3 is 4.74 Å². The summed E-state index contributed by atoms with van der Waals surface area (Å²) < 4.78 is 7.25. The van der Waals surface area contributed by atoms with Crippen molar-refractivity contribution in [3.8, 4) is 0 Å². The zero-order chi connectivity index (χ0) is 12.4. The molecule has 0 spiro atoms. The van der Waals surface area contributed by atoms with Gasteiger partial charge in [0.2, 0.25) is 0 Å². The van der Waals surface area contributed by atoms with Crippen molar-refractivity contribution < 1.29 is 4.74 Å². The molecule has 0 radical (unpaired) electrons. The Balaban J connectivity index is 3.10. The van der Waals surface area contributed by atoms with Gasteiger partial charge in [-0.25, -0.2) is 0 Å².